The minimum Gasteiger partial charge on any atom is -0.339 e. The lowest BCUT2D eigenvalue weighted by Gasteiger charge is -2.15. The monoisotopic (exact) mass is 256 g/mol. The number of nitrogens with zero attached hydrogens (tertiary/aromatic N) is 4. The molecular weight excluding hydrogens is 240 g/mol. The van der Waals surface area contributed by atoms with Gasteiger partial charge in [-0.15, -0.1) is 5.10 Å². The van der Waals surface area contributed by atoms with Gasteiger partial charge in [0.05, 0.1) is 12.7 Å². The molecule has 0 aliphatic carbocycles. The third kappa shape index (κ3) is 2.65. The molecule has 1 amide bonds. The molecule has 0 saturated carbocycles. The predicted molar refractivity (Wildman–Crippen MR) is 70.7 cm³/mol. The summed E-state index contributed by atoms with van der Waals surface area (Å²) in [5, 5.41) is 7.69. The average molecular weight is 256 g/mol. The van der Waals surface area contributed by atoms with Crippen LogP contribution in [0.1, 0.15) is 28.8 Å². The highest BCUT2D eigenvalue weighted by atomic mass is 16.2. The van der Waals surface area contributed by atoms with Crippen molar-refractivity contribution in [2.45, 2.75) is 19.4 Å². The quantitative estimate of drug-likeness (QED) is 0.837. The van der Waals surface area contributed by atoms with Crippen LogP contribution in [0.2, 0.25) is 0 Å². The Balaban J connectivity index is 1.69. The molecule has 1 aliphatic rings. The van der Waals surface area contributed by atoms with Gasteiger partial charge in [-0.25, -0.2) is 4.68 Å². The summed E-state index contributed by atoms with van der Waals surface area (Å²) >= 11 is 0. The number of hydrogen-bond donors (Lipinski definition) is 0. The van der Waals surface area contributed by atoms with Crippen molar-refractivity contribution < 1.29 is 4.79 Å². The highest BCUT2D eigenvalue weighted by molar-refractivity contribution is 5.94. The third-order valence-corrected chi connectivity index (χ3v) is 3.41. The Morgan fingerprint density at radius 1 is 1.16 bits per heavy atom. The van der Waals surface area contributed by atoms with E-state index in [1.807, 2.05) is 35.4 Å². The molecule has 0 N–H and O–H groups in total. The summed E-state index contributed by atoms with van der Waals surface area (Å²) in [7, 11) is 0. The molecule has 2 aromatic rings. The van der Waals surface area contributed by atoms with E-state index in [9.17, 15) is 4.79 Å². The van der Waals surface area contributed by atoms with Crippen LogP contribution in [0, 0.1) is 0 Å². The summed E-state index contributed by atoms with van der Waals surface area (Å²) in [5.74, 6) is 0.143. The van der Waals surface area contributed by atoms with Gasteiger partial charge in [-0.05, 0) is 30.5 Å². The molecule has 19 heavy (non-hydrogen) atoms. The summed E-state index contributed by atoms with van der Waals surface area (Å²) in [6.45, 7) is 2.46. The van der Waals surface area contributed by atoms with Gasteiger partial charge in [0.15, 0.2) is 0 Å². The molecule has 0 unspecified atom stereocenters. The summed E-state index contributed by atoms with van der Waals surface area (Å²) in [4.78, 5) is 14.1. The van der Waals surface area contributed by atoms with Gasteiger partial charge in [0.25, 0.3) is 5.91 Å². The predicted octanol–water partition coefficient (Wildman–Crippen LogP) is 1.56. The minimum absolute atomic E-state index is 0.143. The van der Waals surface area contributed by atoms with E-state index in [4.69, 9.17) is 0 Å². The number of rotatable bonds is 3. The van der Waals surface area contributed by atoms with E-state index in [2.05, 4.69) is 10.3 Å². The molecule has 5 nitrogen and oxygen atoms in total. The van der Waals surface area contributed by atoms with Crippen LogP contribution in [-0.2, 0) is 6.54 Å². The normalized spacial score (nSPS) is 14.8. The van der Waals surface area contributed by atoms with E-state index in [-0.39, 0.29) is 5.91 Å². The van der Waals surface area contributed by atoms with Gasteiger partial charge >= 0.3 is 0 Å². The highest BCUT2D eigenvalue weighted by Gasteiger charge is 2.18. The van der Waals surface area contributed by atoms with Crippen molar-refractivity contribution in [2.24, 2.45) is 0 Å². The Bertz CT molecular complexity index is 541. The van der Waals surface area contributed by atoms with Gasteiger partial charge < -0.3 is 4.90 Å². The summed E-state index contributed by atoms with van der Waals surface area (Å²) in [5.41, 5.74) is 1.88. The van der Waals surface area contributed by atoms with Crippen molar-refractivity contribution in [1.29, 1.82) is 0 Å². The minimum atomic E-state index is 0.143. The summed E-state index contributed by atoms with van der Waals surface area (Å²) in [6.07, 6.45) is 5.72. The van der Waals surface area contributed by atoms with Gasteiger partial charge in [0.2, 0.25) is 0 Å². The standard InChI is InChI=1S/C14H16N4O/c19-14(17-8-1-2-9-17)13-5-3-12(4-6-13)11-18-10-7-15-16-18/h3-7,10H,1-2,8-9,11H2. The molecule has 1 aromatic carbocycles. The number of benzene rings is 1. The number of aromatic nitrogens is 3. The zero-order chi connectivity index (χ0) is 13.1. The molecule has 0 bridgehead atoms. The zero-order valence-electron chi connectivity index (χ0n) is 10.7. The molecule has 98 valence electrons. The lowest BCUT2D eigenvalue weighted by atomic mass is 10.1. The SMILES string of the molecule is O=C(c1ccc(Cn2ccnn2)cc1)N1CCCC1. The number of amides is 1. The van der Waals surface area contributed by atoms with Crippen molar-refractivity contribution in [2.75, 3.05) is 13.1 Å². The lowest BCUT2D eigenvalue weighted by Crippen LogP contribution is -2.27. The van der Waals surface area contributed by atoms with E-state index < -0.39 is 0 Å². The zero-order valence-corrected chi connectivity index (χ0v) is 10.7. The average Bonchev–Trinajstić information content (AvgIpc) is 3.12. The van der Waals surface area contributed by atoms with Gasteiger partial charge in [0.1, 0.15) is 0 Å². The van der Waals surface area contributed by atoms with Crippen LogP contribution in [0.25, 0.3) is 0 Å². The maximum atomic E-state index is 12.2. The van der Waals surface area contributed by atoms with Crippen molar-refractivity contribution >= 4 is 5.91 Å². The largest absolute Gasteiger partial charge is 0.339 e. The number of carbonyl (C=O) groups excluding carboxylic acids is 1. The molecule has 5 heteroatoms. The van der Waals surface area contributed by atoms with Crippen molar-refractivity contribution in [3.63, 3.8) is 0 Å². The van der Waals surface area contributed by atoms with Gasteiger partial charge in [-0.2, -0.15) is 0 Å². The Kier molecular flexibility index (Phi) is 3.27. The van der Waals surface area contributed by atoms with Gasteiger partial charge in [-0.1, -0.05) is 17.3 Å². The molecule has 3 rings (SSSR count). The summed E-state index contributed by atoms with van der Waals surface area (Å²) in [6, 6.07) is 7.75. The van der Waals surface area contributed by atoms with E-state index in [0.29, 0.717) is 6.54 Å². The van der Waals surface area contributed by atoms with E-state index in [1.54, 1.807) is 10.9 Å². The Labute approximate surface area is 111 Å². The maximum Gasteiger partial charge on any atom is 0.253 e. The molecule has 0 radical (unpaired) electrons. The van der Waals surface area contributed by atoms with Crippen LogP contribution in [0.5, 0.6) is 0 Å². The number of likely N-dealkylation sites (tertiary alicyclic amines) is 1. The molecular formula is C14H16N4O. The molecule has 0 atom stereocenters. The molecule has 1 aliphatic heterocycles. The second-order valence-corrected chi connectivity index (χ2v) is 4.80. The van der Waals surface area contributed by atoms with E-state index in [1.165, 1.54) is 0 Å². The van der Waals surface area contributed by atoms with Crippen LogP contribution < -0.4 is 0 Å². The van der Waals surface area contributed by atoms with Crippen molar-refractivity contribution in [3.05, 3.63) is 47.8 Å². The van der Waals surface area contributed by atoms with Gasteiger partial charge in [0, 0.05) is 24.8 Å². The van der Waals surface area contributed by atoms with E-state index in [0.717, 1.165) is 37.1 Å². The van der Waals surface area contributed by atoms with Gasteiger partial charge in [-0.3, -0.25) is 4.79 Å². The molecule has 2 heterocycles. The number of hydrogen-bond acceptors (Lipinski definition) is 3. The molecule has 1 fully saturated rings. The first-order valence-electron chi connectivity index (χ1n) is 6.55. The van der Waals surface area contributed by atoms with Crippen molar-refractivity contribution in [3.8, 4) is 0 Å². The smallest absolute Gasteiger partial charge is 0.253 e. The third-order valence-electron chi connectivity index (χ3n) is 3.41. The topological polar surface area (TPSA) is 51.0 Å². The Morgan fingerprint density at radius 2 is 1.89 bits per heavy atom. The van der Waals surface area contributed by atoms with E-state index >= 15 is 0 Å². The van der Waals surface area contributed by atoms with Crippen LogP contribution in [0.3, 0.4) is 0 Å². The second-order valence-electron chi connectivity index (χ2n) is 4.80. The summed E-state index contributed by atoms with van der Waals surface area (Å²) < 4.78 is 1.76. The van der Waals surface area contributed by atoms with Crippen LogP contribution in [-0.4, -0.2) is 38.9 Å². The first-order valence-corrected chi connectivity index (χ1v) is 6.55. The van der Waals surface area contributed by atoms with Crippen LogP contribution in [0.4, 0.5) is 0 Å². The molecule has 1 aromatic heterocycles. The van der Waals surface area contributed by atoms with Crippen molar-refractivity contribution in [1.82, 2.24) is 19.9 Å². The first-order chi connectivity index (χ1) is 9.33. The van der Waals surface area contributed by atoms with Crippen LogP contribution in [0.15, 0.2) is 36.7 Å². The molecule has 0 spiro atoms. The highest BCUT2D eigenvalue weighted by Crippen LogP contribution is 2.13. The fraction of sp³-hybridized carbons (Fsp3) is 0.357. The number of carbonyl (C=O) groups is 1. The molecule has 1 saturated heterocycles. The maximum absolute atomic E-state index is 12.2. The second kappa shape index (κ2) is 5.22. The first kappa shape index (κ1) is 11.9. The van der Waals surface area contributed by atoms with Crippen LogP contribution >= 0.6 is 0 Å². The Hall–Kier alpha value is -2.17. The lowest BCUT2D eigenvalue weighted by molar-refractivity contribution is 0.0793. The fourth-order valence-electron chi connectivity index (χ4n) is 2.36. The fourth-order valence-corrected chi connectivity index (χ4v) is 2.36. The Morgan fingerprint density at radius 3 is 2.53 bits per heavy atom.